The Kier molecular flexibility index (Phi) is 5.03. The molecule has 1 aromatic heterocycles. The summed E-state index contributed by atoms with van der Waals surface area (Å²) in [7, 11) is 0. The van der Waals surface area contributed by atoms with Gasteiger partial charge in [-0.05, 0) is 19.3 Å². The fourth-order valence-corrected chi connectivity index (χ4v) is 2.49. The Morgan fingerprint density at radius 3 is 2.96 bits per heavy atom. The van der Waals surface area contributed by atoms with Crippen LogP contribution in [0.1, 0.15) is 46.3 Å². The molecule has 0 saturated carbocycles. The smallest absolute Gasteiger partial charge is 0.351 e. The van der Waals surface area contributed by atoms with Crippen LogP contribution in [0.4, 0.5) is 10.2 Å². The number of rotatable bonds is 5. The van der Waals surface area contributed by atoms with E-state index in [0.29, 0.717) is 19.3 Å². The molecule has 2 N–H and O–H groups in total. The van der Waals surface area contributed by atoms with E-state index in [0.717, 1.165) is 10.8 Å². The highest BCUT2D eigenvalue weighted by atomic mass is 19.1. The first-order valence-corrected chi connectivity index (χ1v) is 7.66. The third-order valence-corrected chi connectivity index (χ3v) is 4.07. The molecule has 0 amide bonds. The van der Waals surface area contributed by atoms with Gasteiger partial charge in [-0.15, -0.1) is 0 Å². The lowest BCUT2D eigenvalue weighted by Gasteiger charge is -2.28. The number of carbonyl (C=O) groups is 1. The molecule has 7 nitrogen and oxygen atoms in total. The maximum absolute atomic E-state index is 13.6. The Hall–Kier alpha value is -1.96. The van der Waals surface area contributed by atoms with E-state index in [1.807, 2.05) is 6.92 Å². The number of aromatic nitrogens is 2. The zero-order chi connectivity index (χ0) is 17.2. The van der Waals surface area contributed by atoms with Crippen molar-refractivity contribution >= 4 is 11.8 Å². The number of esters is 1. The molecule has 128 valence electrons. The minimum atomic E-state index is -0.770. The van der Waals surface area contributed by atoms with E-state index < -0.39 is 29.2 Å². The average Bonchev–Trinajstić information content (AvgIpc) is 2.93. The summed E-state index contributed by atoms with van der Waals surface area (Å²) < 4.78 is 25.9. The van der Waals surface area contributed by atoms with Crippen molar-refractivity contribution in [3.63, 3.8) is 0 Å². The van der Waals surface area contributed by atoms with Crippen molar-refractivity contribution in [2.45, 2.75) is 51.9 Å². The normalized spacial score (nSPS) is 24.1. The maximum Gasteiger partial charge on any atom is 0.351 e. The standard InChI is InChI=1S/C15H22FN3O4/c1-4-15(8-22-13(20)9(2)3)6-5-11(23-15)19-7-10(16)12(17)18-14(19)21/h7,9,11H,4-6,8H2,1-3H3,(H2,17,18,21). The number of nitrogen functional groups attached to an aromatic ring is 1. The number of ether oxygens (including phenoxy) is 2. The predicted octanol–water partition coefficient (Wildman–Crippen LogP) is 1.62. The number of anilines is 1. The van der Waals surface area contributed by atoms with Gasteiger partial charge in [-0.2, -0.15) is 4.98 Å². The van der Waals surface area contributed by atoms with E-state index in [-0.39, 0.29) is 18.5 Å². The van der Waals surface area contributed by atoms with Gasteiger partial charge in [0.25, 0.3) is 0 Å². The molecule has 0 aromatic carbocycles. The lowest BCUT2D eigenvalue weighted by molar-refractivity contribution is -0.162. The van der Waals surface area contributed by atoms with Crippen molar-refractivity contribution in [1.82, 2.24) is 9.55 Å². The summed E-state index contributed by atoms with van der Waals surface area (Å²) in [5, 5.41) is 0. The van der Waals surface area contributed by atoms with Crippen molar-refractivity contribution in [2.24, 2.45) is 5.92 Å². The largest absolute Gasteiger partial charge is 0.462 e. The van der Waals surface area contributed by atoms with E-state index in [1.54, 1.807) is 13.8 Å². The maximum atomic E-state index is 13.6. The Balaban J connectivity index is 2.13. The van der Waals surface area contributed by atoms with Gasteiger partial charge < -0.3 is 15.2 Å². The molecule has 1 fully saturated rings. The second kappa shape index (κ2) is 6.66. The van der Waals surface area contributed by atoms with Crippen LogP contribution < -0.4 is 11.4 Å². The Labute approximate surface area is 133 Å². The molecule has 1 aliphatic rings. The second-order valence-corrected chi connectivity index (χ2v) is 6.07. The highest BCUT2D eigenvalue weighted by molar-refractivity contribution is 5.71. The van der Waals surface area contributed by atoms with Crippen LogP contribution in [0, 0.1) is 11.7 Å². The summed E-state index contributed by atoms with van der Waals surface area (Å²) in [6.45, 7) is 5.52. The topological polar surface area (TPSA) is 96.4 Å². The first-order valence-electron chi connectivity index (χ1n) is 7.66. The minimum absolute atomic E-state index is 0.108. The van der Waals surface area contributed by atoms with Gasteiger partial charge in [0.05, 0.1) is 12.1 Å². The van der Waals surface area contributed by atoms with Crippen LogP contribution in [0.15, 0.2) is 11.0 Å². The molecule has 23 heavy (non-hydrogen) atoms. The quantitative estimate of drug-likeness (QED) is 0.826. The Bertz CT molecular complexity index is 646. The second-order valence-electron chi connectivity index (χ2n) is 6.07. The van der Waals surface area contributed by atoms with Crippen LogP contribution in [-0.2, 0) is 14.3 Å². The molecule has 0 aliphatic carbocycles. The summed E-state index contributed by atoms with van der Waals surface area (Å²) in [5.74, 6) is -1.73. The molecule has 8 heteroatoms. The first kappa shape index (κ1) is 17.4. The van der Waals surface area contributed by atoms with Gasteiger partial charge in [0, 0.05) is 0 Å². The first-order chi connectivity index (χ1) is 10.8. The number of carbonyl (C=O) groups excluding carboxylic acids is 1. The number of nitrogens with two attached hydrogens (primary N) is 1. The van der Waals surface area contributed by atoms with E-state index in [4.69, 9.17) is 15.2 Å². The monoisotopic (exact) mass is 327 g/mol. The zero-order valence-electron chi connectivity index (χ0n) is 13.5. The molecular formula is C15H22FN3O4. The van der Waals surface area contributed by atoms with Gasteiger partial charge in [-0.25, -0.2) is 9.18 Å². The number of halogens is 1. The molecule has 2 atom stereocenters. The lowest BCUT2D eigenvalue weighted by Crippen LogP contribution is -2.37. The molecule has 1 saturated heterocycles. The molecule has 0 bridgehead atoms. The van der Waals surface area contributed by atoms with Gasteiger partial charge in [0.15, 0.2) is 11.6 Å². The van der Waals surface area contributed by atoms with Gasteiger partial charge in [0.2, 0.25) is 0 Å². The van der Waals surface area contributed by atoms with Crippen LogP contribution in [0.2, 0.25) is 0 Å². The summed E-state index contributed by atoms with van der Waals surface area (Å²) in [6.07, 6.45) is 2.05. The SMILES string of the molecule is CCC1(COC(=O)C(C)C)CCC(n2cc(F)c(N)nc2=O)O1. The number of hydrogen-bond donors (Lipinski definition) is 1. The van der Waals surface area contributed by atoms with Gasteiger partial charge in [0.1, 0.15) is 18.4 Å². The molecular weight excluding hydrogens is 305 g/mol. The molecule has 0 radical (unpaired) electrons. The van der Waals surface area contributed by atoms with E-state index >= 15 is 0 Å². The predicted molar refractivity (Wildman–Crippen MR) is 81.0 cm³/mol. The zero-order valence-corrected chi connectivity index (χ0v) is 13.5. The fraction of sp³-hybridized carbons (Fsp3) is 0.667. The summed E-state index contributed by atoms with van der Waals surface area (Å²) in [4.78, 5) is 26.9. The fourth-order valence-electron chi connectivity index (χ4n) is 2.49. The summed E-state index contributed by atoms with van der Waals surface area (Å²) in [5.41, 5.74) is 3.94. The van der Waals surface area contributed by atoms with Gasteiger partial charge in [-0.3, -0.25) is 9.36 Å². The molecule has 1 aromatic rings. The van der Waals surface area contributed by atoms with Crippen LogP contribution in [0.25, 0.3) is 0 Å². The van der Waals surface area contributed by atoms with Crippen molar-refractivity contribution in [3.05, 3.63) is 22.5 Å². The van der Waals surface area contributed by atoms with Crippen LogP contribution in [0.5, 0.6) is 0 Å². The van der Waals surface area contributed by atoms with Crippen LogP contribution in [-0.4, -0.2) is 27.7 Å². The van der Waals surface area contributed by atoms with Crippen molar-refractivity contribution in [2.75, 3.05) is 12.3 Å². The van der Waals surface area contributed by atoms with Crippen molar-refractivity contribution in [3.8, 4) is 0 Å². The third kappa shape index (κ3) is 3.69. The van der Waals surface area contributed by atoms with Crippen LogP contribution >= 0.6 is 0 Å². The minimum Gasteiger partial charge on any atom is -0.462 e. The van der Waals surface area contributed by atoms with Crippen LogP contribution in [0.3, 0.4) is 0 Å². The molecule has 0 spiro atoms. The van der Waals surface area contributed by atoms with E-state index in [2.05, 4.69) is 4.98 Å². The molecule has 2 rings (SSSR count). The van der Waals surface area contributed by atoms with Gasteiger partial charge >= 0.3 is 11.7 Å². The Morgan fingerprint density at radius 1 is 1.65 bits per heavy atom. The third-order valence-electron chi connectivity index (χ3n) is 4.07. The highest BCUT2D eigenvalue weighted by Gasteiger charge is 2.41. The van der Waals surface area contributed by atoms with E-state index in [1.165, 1.54) is 0 Å². The lowest BCUT2D eigenvalue weighted by atomic mass is 9.98. The number of hydrogen-bond acceptors (Lipinski definition) is 6. The molecule has 2 heterocycles. The van der Waals surface area contributed by atoms with Crippen molar-refractivity contribution in [1.29, 1.82) is 0 Å². The molecule has 2 unspecified atom stereocenters. The highest BCUT2D eigenvalue weighted by Crippen LogP contribution is 2.38. The Morgan fingerprint density at radius 2 is 2.35 bits per heavy atom. The summed E-state index contributed by atoms with van der Waals surface area (Å²) >= 11 is 0. The summed E-state index contributed by atoms with van der Waals surface area (Å²) in [6, 6.07) is 0. The van der Waals surface area contributed by atoms with Gasteiger partial charge in [-0.1, -0.05) is 20.8 Å². The number of nitrogens with zero attached hydrogens (tertiary/aromatic N) is 2. The van der Waals surface area contributed by atoms with E-state index in [9.17, 15) is 14.0 Å². The van der Waals surface area contributed by atoms with Crippen molar-refractivity contribution < 1.29 is 18.7 Å². The average molecular weight is 327 g/mol. The molecule has 1 aliphatic heterocycles.